The molecule has 0 saturated carbocycles. The van der Waals surface area contributed by atoms with Gasteiger partial charge in [0, 0.05) is 6.20 Å². The molecule has 0 aromatic carbocycles. The zero-order chi connectivity index (χ0) is 9.97. The van der Waals surface area contributed by atoms with E-state index in [0.29, 0.717) is 0 Å². The maximum absolute atomic E-state index is 10.5. The Kier molecular flexibility index (Phi) is 2.45. The van der Waals surface area contributed by atoms with Crippen LogP contribution in [0.3, 0.4) is 0 Å². The van der Waals surface area contributed by atoms with Crippen molar-refractivity contribution in [3.8, 4) is 5.00 Å². The van der Waals surface area contributed by atoms with Gasteiger partial charge >= 0.3 is 0 Å². The second-order valence-corrected chi connectivity index (χ2v) is 4.03. The van der Waals surface area contributed by atoms with Crippen LogP contribution in [0.2, 0.25) is 0 Å². The Balaban J connectivity index is 2.33. The van der Waals surface area contributed by atoms with Crippen molar-refractivity contribution in [1.29, 1.82) is 0 Å². The van der Waals surface area contributed by atoms with Crippen LogP contribution in [0.25, 0.3) is 5.00 Å². The molecule has 0 amide bonds. The largest absolute Gasteiger partial charge is 0.297 e. The third kappa shape index (κ3) is 1.61. The van der Waals surface area contributed by atoms with E-state index in [-0.39, 0.29) is 0 Å². The monoisotopic (exact) mass is 206 g/mol. The van der Waals surface area contributed by atoms with E-state index in [0.717, 1.165) is 22.6 Å². The molecule has 72 valence electrons. The fraction of sp³-hybridized carbons (Fsp3) is 0.200. The van der Waals surface area contributed by atoms with Crippen LogP contribution in [-0.2, 0) is 6.42 Å². The van der Waals surface area contributed by atoms with Crippen LogP contribution in [0.4, 0.5) is 0 Å². The number of hydrogen-bond acceptors (Lipinski definition) is 3. The molecule has 2 heterocycles. The molecule has 0 atom stereocenters. The van der Waals surface area contributed by atoms with E-state index in [1.807, 2.05) is 18.5 Å². The van der Waals surface area contributed by atoms with Crippen LogP contribution < -0.4 is 0 Å². The van der Waals surface area contributed by atoms with Gasteiger partial charge in [0.2, 0.25) is 0 Å². The number of aldehydes is 1. The van der Waals surface area contributed by atoms with Gasteiger partial charge in [-0.2, -0.15) is 5.10 Å². The Hall–Kier alpha value is -1.42. The molecule has 4 heteroatoms. The predicted molar refractivity (Wildman–Crippen MR) is 56.2 cm³/mol. The summed E-state index contributed by atoms with van der Waals surface area (Å²) in [7, 11) is 0. The first-order valence-electron chi connectivity index (χ1n) is 4.42. The maximum Gasteiger partial charge on any atom is 0.160 e. The molecule has 0 spiro atoms. The lowest BCUT2D eigenvalue weighted by Crippen LogP contribution is -1.88. The Morgan fingerprint density at radius 3 is 3.00 bits per heavy atom. The van der Waals surface area contributed by atoms with Crippen molar-refractivity contribution in [2.75, 3.05) is 0 Å². The quantitative estimate of drug-likeness (QED) is 0.722. The summed E-state index contributed by atoms with van der Waals surface area (Å²) in [6.45, 7) is 2.09. The molecule has 0 unspecified atom stereocenters. The molecule has 0 aliphatic carbocycles. The van der Waals surface area contributed by atoms with Crippen LogP contribution in [-0.4, -0.2) is 16.1 Å². The van der Waals surface area contributed by atoms with E-state index in [4.69, 9.17) is 0 Å². The maximum atomic E-state index is 10.5. The Labute approximate surface area is 86.0 Å². The number of carbonyl (C=O) groups excluding carboxylic acids is 1. The van der Waals surface area contributed by atoms with Crippen molar-refractivity contribution in [1.82, 2.24) is 9.78 Å². The molecular weight excluding hydrogens is 196 g/mol. The molecule has 0 radical (unpaired) electrons. The molecule has 0 aliphatic rings. The number of nitrogens with zero attached hydrogens (tertiary/aromatic N) is 2. The highest BCUT2D eigenvalue weighted by molar-refractivity contribution is 7.16. The minimum Gasteiger partial charge on any atom is -0.297 e. The van der Waals surface area contributed by atoms with Crippen molar-refractivity contribution in [3.05, 3.63) is 35.0 Å². The van der Waals surface area contributed by atoms with Crippen LogP contribution >= 0.6 is 11.3 Å². The zero-order valence-electron chi connectivity index (χ0n) is 7.80. The van der Waals surface area contributed by atoms with Gasteiger partial charge < -0.3 is 0 Å². The van der Waals surface area contributed by atoms with Crippen molar-refractivity contribution < 1.29 is 4.79 Å². The third-order valence-corrected chi connectivity index (χ3v) is 3.00. The number of carbonyl (C=O) groups is 1. The van der Waals surface area contributed by atoms with Gasteiger partial charge in [-0.05, 0) is 24.1 Å². The Morgan fingerprint density at radius 2 is 2.43 bits per heavy atom. The molecule has 3 nitrogen and oxygen atoms in total. The van der Waals surface area contributed by atoms with Gasteiger partial charge in [0.15, 0.2) is 6.29 Å². The fourth-order valence-electron chi connectivity index (χ4n) is 1.19. The molecule has 0 bridgehead atoms. The van der Waals surface area contributed by atoms with E-state index in [1.165, 1.54) is 16.9 Å². The van der Waals surface area contributed by atoms with Gasteiger partial charge in [0.05, 0.1) is 11.1 Å². The van der Waals surface area contributed by atoms with Crippen molar-refractivity contribution >= 4 is 17.6 Å². The minimum absolute atomic E-state index is 0.730. The van der Waals surface area contributed by atoms with Crippen molar-refractivity contribution in [2.24, 2.45) is 0 Å². The van der Waals surface area contributed by atoms with Gasteiger partial charge in [-0.15, -0.1) is 11.3 Å². The number of aromatic nitrogens is 2. The molecule has 2 aromatic rings. The Bertz CT molecular complexity index is 444. The van der Waals surface area contributed by atoms with E-state index < -0.39 is 0 Å². The fourth-order valence-corrected chi connectivity index (χ4v) is 1.95. The summed E-state index contributed by atoms with van der Waals surface area (Å²) >= 11 is 1.44. The highest BCUT2D eigenvalue weighted by Crippen LogP contribution is 2.18. The number of thiophene rings is 1. The van der Waals surface area contributed by atoms with Gasteiger partial charge in [-0.3, -0.25) is 4.79 Å². The lowest BCUT2D eigenvalue weighted by Gasteiger charge is -1.93. The SMILES string of the molecule is CCc1cnn(-c2ccc(C=O)s2)c1. The van der Waals surface area contributed by atoms with Gasteiger partial charge in [-0.1, -0.05) is 6.92 Å². The second-order valence-electron chi connectivity index (χ2n) is 2.94. The first-order valence-corrected chi connectivity index (χ1v) is 5.24. The smallest absolute Gasteiger partial charge is 0.160 e. The first-order chi connectivity index (χ1) is 6.83. The molecular formula is C10H10N2OS. The zero-order valence-corrected chi connectivity index (χ0v) is 8.62. The van der Waals surface area contributed by atoms with Crippen LogP contribution in [0, 0.1) is 0 Å². The van der Waals surface area contributed by atoms with Crippen LogP contribution in [0.5, 0.6) is 0 Å². The predicted octanol–water partition coefficient (Wildman–Crippen LogP) is 2.31. The van der Waals surface area contributed by atoms with Gasteiger partial charge in [0.25, 0.3) is 0 Å². The van der Waals surface area contributed by atoms with Crippen molar-refractivity contribution in [3.63, 3.8) is 0 Å². The van der Waals surface area contributed by atoms with E-state index in [2.05, 4.69) is 12.0 Å². The second kappa shape index (κ2) is 3.75. The lowest BCUT2D eigenvalue weighted by molar-refractivity contribution is 0.112. The Morgan fingerprint density at radius 1 is 1.57 bits per heavy atom. The number of hydrogen-bond donors (Lipinski definition) is 0. The summed E-state index contributed by atoms with van der Waals surface area (Å²) in [5, 5.41) is 5.19. The molecule has 0 saturated heterocycles. The molecule has 0 aliphatic heterocycles. The number of aryl methyl sites for hydroxylation is 1. The van der Waals surface area contributed by atoms with Gasteiger partial charge in [-0.25, -0.2) is 4.68 Å². The van der Waals surface area contributed by atoms with Gasteiger partial charge in [0.1, 0.15) is 5.00 Å². The molecule has 2 aromatic heterocycles. The standard InChI is InChI=1S/C10H10N2OS/c1-2-8-5-11-12(6-8)10-4-3-9(7-13)14-10/h3-7H,2H2,1H3. The third-order valence-electron chi connectivity index (χ3n) is 2.00. The summed E-state index contributed by atoms with van der Waals surface area (Å²) < 4.78 is 1.80. The molecule has 14 heavy (non-hydrogen) atoms. The summed E-state index contributed by atoms with van der Waals surface area (Å²) in [6, 6.07) is 3.71. The van der Waals surface area contributed by atoms with Crippen molar-refractivity contribution in [2.45, 2.75) is 13.3 Å². The minimum atomic E-state index is 0.730. The average molecular weight is 206 g/mol. The summed E-state index contributed by atoms with van der Waals surface area (Å²) in [5.74, 6) is 0. The lowest BCUT2D eigenvalue weighted by atomic mass is 10.3. The molecule has 0 N–H and O–H groups in total. The van der Waals surface area contributed by atoms with Crippen LogP contribution in [0.15, 0.2) is 24.5 Å². The van der Waals surface area contributed by atoms with E-state index >= 15 is 0 Å². The number of rotatable bonds is 3. The molecule has 0 fully saturated rings. The van der Waals surface area contributed by atoms with Crippen LogP contribution in [0.1, 0.15) is 22.2 Å². The summed E-state index contributed by atoms with van der Waals surface area (Å²) in [6.07, 6.45) is 5.67. The normalized spacial score (nSPS) is 10.4. The summed E-state index contributed by atoms with van der Waals surface area (Å²) in [5.41, 5.74) is 1.20. The molecule has 2 rings (SSSR count). The summed E-state index contributed by atoms with van der Waals surface area (Å²) in [4.78, 5) is 11.2. The first kappa shape index (κ1) is 9.15. The highest BCUT2D eigenvalue weighted by Gasteiger charge is 2.02. The average Bonchev–Trinajstić information content (AvgIpc) is 2.86. The highest BCUT2D eigenvalue weighted by atomic mass is 32.1. The van der Waals surface area contributed by atoms with E-state index in [1.54, 1.807) is 10.7 Å². The van der Waals surface area contributed by atoms with E-state index in [9.17, 15) is 4.79 Å². The topological polar surface area (TPSA) is 34.9 Å².